The van der Waals surface area contributed by atoms with Crippen molar-refractivity contribution in [1.29, 1.82) is 0 Å². The third-order valence-electron chi connectivity index (χ3n) is 3.64. The Hall–Kier alpha value is -3.24. The molecule has 0 unspecified atom stereocenters. The molecule has 0 spiro atoms. The third-order valence-corrected chi connectivity index (χ3v) is 5.38. The summed E-state index contributed by atoms with van der Waals surface area (Å²) in [7, 11) is 0. The van der Waals surface area contributed by atoms with Crippen molar-refractivity contribution in [2.75, 3.05) is 16.4 Å². The number of benzene rings is 2. The third kappa shape index (κ3) is 5.62. The average Bonchev–Trinajstić information content (AvgIpc) is 3.11. The normalized spacial score (nSPS) is 10.4. The summed E-state index contributed by atoms with van der Waals surface area (Å²) in [5.41, 5.74) is 0.504. The van der Waals surface area contributed by atoms with Gasteiger partial charge in [0.2, 0.25) is 11.0 Å². The molecule has 3 rings (SSSR count). The molecule has 0 aliphatic heterocycles. The lowest BCUT2D eigenvalue weighted by atomic mass is 10.1. The highest BCUT2D eigenvalue weighted by Gasteiger charge is 2.16. The number of thioether (sulfide) groups is 1. The number of rotatable bonds is 7. The van der Waals surface area contributed by atoms with Crippen LogP contribution in [0.2, 0.25) is 0 Å². The summed E-state index contributed by atoms with van der Waals surface area (Å²) in [5.74, 6) is -1.74. The zero-order valence-corrected chi connectivity index (χ0v) is 16.8. The summed E-state index contributed by atoms with van der Waals surface area (Å²) in [4.78, 5) is 36.6. The lowest BCUT2D eigenvalue weighted by Gasteiger charge is -2.09. The molecule has 1 aromatic heterocycles. The smallest absolute Gasteiger partial charge is 0.336 e. The molecule has 148 valence electrons. The molecule has 0 fully saturated rings. The molecule has 0 radical (unpaired) electrons. The Bertz CT molecular complexity index is 1070. The van der Waals surface area contributed by atoms with E-state index in [9.17, 15) is 19.5 Å². The predicted octanol–water partition coefficient (Wildman–Crippen LogP) is 3.53. The summed E-state index contributed by atoms with van der Waals surface area (Å²) in [6.45, 7) is 1.80. The first-order valence-electron chi connectivity index (χ1n) is 8.39. The van der Waals surface area contributed by atoms with E-state index in [4.69, 9.17) is 0 Å². The Morgan fingerprint density at radius 2 is 1.79 bits per heavy atom. The number of aryl methyl sites for hydroxylation is 1. The monoisotopic (exact) mass is 428 g/mol. The standard InChI is InChI=1S/C19H16N4O4S2/c1-11-22-23-19(29-11)21-16(24)10-28-13-6-4-5-12(9-13)20-17(25)14-7-2-3-8-15(14)18(26)27/h2-9H,10H2,1H3,(H,20,25)(H,26,27)(H,21,23,24). The van der Waals surface area contributed by atoms with Crippen LogP contribution < -0.4 is 10.6 Å². The molecule has 10 heteroatoms. The van der Waals surface area contributed by atoms with Crippen molar-refractivity contribution in [3.05, 3.63) is 64.7 Å². The van der Waals surface area contributed by atoms with Gasteiger partial charge in [-0.3, -0.25) is 14.9 Å². The van der Waals surface area contributed by atoms with E-state index in [1.807, 2.05) is 6.07 Å². The van der Waals surface area contributed by atoms with Crippen LogP contribution in [0, 0.1) is 6.92 Å². The number of carboxylic acid groups (broad SMARTS) is 1. The second kappa shape index (κ2) is 9.30. The minimum absolute atomic E-state index is 0.0703. The fourth-order valence-corrected chi connectivity index (χ4v) is 3.74. The van der Waals surface area contributed by atoms with Gasteiger partial charge in [-0.05, 0) is 37.3 Å². The van der Waals surface area contributed by atoms with Crippen LogP contribution in [0.25, 0.3) is 0 Å². The van der Waals surface area contributed by atoms with Gasteiger partial charge in [-0.1, -0.05) is 29.5 Å². The zero-order valence-electron chi connectivity index (χ0n) is 15.2. The van der Waals surface area contributed by atoms with Gasteiger partial charge in [0.25, 0.3) is 5.91 Å². The topological polar surface area (TPSA) is 121 Å². The van der Waals surface area contributed by atoms with Crippen molar-refractivity contribution in [3.8, 4) is 0 Å². The zero-order chi connectivity index (χ0) is 20.8. The number of nitrogens with zero attached hydrogens (tertiary/aromatic N) is 2. The number of hydrogen-bond donors (Lipinski definition) is 3. The van der Waals surface area contributed by atoms with Gasteiger partial charge in [-0.25, -0.2) is 4.79 Å². The number of aromatic nitrogens is 2. The molecule has 2 aromatic carbocycles. The molecule has 0 aliphatic rings. The van der Waals surface area contributed by atoms with Crippen LogP contribution >= 0.6 is 23.1 Å². The second-order valence-electron chi connectivity index (χ2n) is 5.80. The molecule has 0 aliphatic carbocycles. The van der Waals surface area contributed by atoms with E-state index in [1.165, 1.54) is 35.2 Å². The summed E-state index contributed by atoms with van der Waals surface area (Å²) in [6.07, 6.45) is 0. The molecule has 0 atom stereocenters. The minimum atomic E-state index is -1.17. The maximum atomic E-state index is 12.5. The van der Waals surface area contributed by atoms with Gasteiger partial charge in [0, 0.05) is 10.6 Å². The van der Waals surface area contributed by atoms with Gasteiger partial charge in [-0.2, -0.15) is 0 Å². The molecular weight excluding hydrogens is 412 g/mol. The van der Waals surface area contributed by atoms with Crippen molar-refractivity contribution >= 4 is 51.7 Å². The van der Waals surface area contributed by atoms with E-state index in [-0.39, 0.29) is 22.8 Å². The minimum Gasteiger partial charge on any atom is -0.478 e. The number of anilines is 2. The van der Waals surface area contributed by atoms with E-state index in [0.717, 1.165) is 9.90 Å². The largest absolute Gasteiger partial charge is 0.478 e. The molecule has 3 aromatic rings. The number of hydrogen-bond acceptors (Lipinski definition) is 7. The number of nitrogens with one attached hydrogen (secondary N) is 2. The second-order valence-corrected chi connectivity index (χ2v) is 8.03. The summed E-state index contributed by atoms with van der Waals surface area (Å²) in [6, 6.07) is 13.0. The predicted molar refractivity (Wildman–Crippen MR) is 112 cm³/mol. The number of carbonyl (C=O) groups excluding carboxylic acids is 2. The first-order valence-corrected chi connectivity index (χ1v) is 10.2. The fourth-order valence-electron chi connectivity index (χ4n) is 2.38. The van der Waals surface area contributed by atoms with Crippen LogP contribution in [-0.4, -0.2) is 38.8 Å². The van der Waals surface area contributed by atoms with Crippen molar-refractivity contribution in [3.63, 3.8) is 0 Å². The SMILES string of the molecule is Cc1nnc(NC(=O)CSc2cccc(NC(=O)c3ccccc3C(=O)O)c2)s1. The van der Waals surface area contributed by atoms with Crippen LogP contribution in [0.1, 0.15) is 25.7 Å². The molecule has 0 saturated heterocycles. The van der Waals surface area contributed by atoms with E-state index in [1.54, 1.807) is 37.3 Å². The van der Waals surface area contributed by atoms with E-state index in [2.05, 4.69) is 20.8 Å². The number of aromatic carboxylic acids is 1. The maximum absolute atomic E-state index is 12.5. The number of carbonyl (C=O) groups is 3. The Balaban J connectivity index is 1.61. The molecule has 0 saturated carbocycles. The molecule has 8 nitrogen and oxygen atoms in total. The highest BCUT2D eigenvalue weighted by atomic mass is 32.2. The van der Waals surface area contributed by atoms with E-state index >= 15 is 0 Å². The summed E-state index contributed by atoms with van der Waals surface area (Å²) >= 11 is 2.59. The summed E-state index contributed by atoms with van der Waals surface area (Å²) < 4.78 is 0. The number of amides is 2. The van der Waals surface area contributed by atoms with Gasteiger partial charge < -0.3 is 10.4 Å². The average molecular weight is 428 g/mol. The van der Waals surface area contributed by atoms with Gasteiger partial charge in [-0.15, -0.1) is 22.0 Å². The van der Waals surface area contributed by atoms with Crippen LogP contribution in [0.15, 0.2) is 53.4 Å². The highest BCUT2D eigenvalue weighted by molar-refractivity contribution is 8.00. The quantitative estimate of drug-likeness (QED) is 0.492. The van der Waals surface area contributed by atoms with E-state index in [0.29, 0.717) is 10.8 Å². The van der Waals surface area contributed by atoms with Gasteiger partial charge in [0.05, 0.1) is 16.9 Å². The van der Waals surface area contributed by atoms with Crippen molar-refractivity contribution < 1.29 is 19.5 Å². The molecule has 29 heavy (non-hydrogen) atoms. The molecule has 3 N–H and O–H groups in total. The molecule has 0 bridgehead atoms. The van der Waals surface area contributed by atoms with Gasteiger partial charge in [0.1, 0.15) is 5.01 Å². The maximum Gasteiger partial charge on any atom is 0.336 e. The lowest BCUT2D eigenvalue weighted by Crippen LogP contribution is -2.16. The van der Waals surface area contributed by atoms with Crippen molar-refractivity contribution in [2.45, 2.75) is 11.8 Å². The van der Waals surface area contributed by atoms with E-state index < -0.39 is 11.9 Å². The molecule has 1 heterocycles. The number of carboxylic acids is 1. The van der Waals surface area contributed by atoms with Crippen LogP contribution in [-0.2, 0) is 4.79 Å². The van der Waals surface area contributed by atoms with Crippen LogP contribution in [0.5, 0.6) is 0 Å². The first-order chi connectivity index (χ1) is 13.9. The first kappa shape index (κ1) is 20.5. The fraction of sp³-hybridized carbons (Fsp3) is 0.105. The van der Waals surface area contributed by atoms with Crippen LogP contribution in [0.3, 0.4) is 0 Å². The Labute approximate surface area is 174 Å². The Morgan fingerprint density at radius 1 is 1.03 bits per heavy atom. The Kier molecular flexibility index (Phi) is 6.57. The lowest BCUT2D eigenvalue weighted by molar-refractivity contribution is -0.113. The van der Waals surface area contributed by atoms with Gasteiger partial charge >= 0.3 is 5.97 Å². The van der Waals surface area contributed by atoms with Crippen molar-refractivity contribution in [2.24, 2.45) is 0 Å². The molecule has 2 amide bonds. The Morgan fingerprint density at radius 3 is 2.48 bits per heavy atom. The molecular formula is C19H16N4O4S2. The van der Waals surface area contributed by atoms with Crippen molar-refractivity contribution in [1.82, 2.24) is 10.2 Å². The summed E-state index contributed by atoms with van der Waals surface area (Å²) in [5, 5.41) is 23.5. The van der Waals surface area contributed by atoms with Crippen LogP contribution in [0.4, 0.5) is 10.8 Å². The highest BCUT2D eigenvalue weighted by Crippen LogP contribution is 2.23. The van der Waals surface area contributed by atoms with Gasteiger partial charge in [0.15, 0.2) is 0 Å².